The van der Waals surface area contributed by atoms with Gasteiger partial charge in [-0.1, -0.05) is 24.3 Å². The lowest BCUT2D eigenvalue weighted by atomic mass is 9.94. The summed E-state index contributed by atoms with van der Waals surface area (Å²) in [6.07, 6.45) is -6.33. The van der Waals surface area contributed by atoms with E-state index in [0.29, 0.717) is 0 Å². The highest BCUT2D eigenvalue weighted by Crippen LogP contribution is 2.42. The number of nitrogens with zero attached hydrogens (tertiary/aromatic N) is 8. The Morgan fingerprint density at radius 1 is 0.435 bits per heavy atom. The Bertz CT molecular complexity index is 2310. The maximum absolute atomic E-state index is 13.3. The highest BCUT2D eigenvalue weighted by atomic mass is 19.4. The SMILES string of the molecule is N#C/N=c1/c(-c2ccc(C(F)(F)F)cc2)c(C#N)c2c(C#N)c3/c(=N\C#N)c(-c4ccc(C(F)(F)F)cc4)c(C#N)c3c(C#N)c12. The van der Waals surface area contributed by atoms with Gasteiger partial charge in [0, 0.05) is 32.7 Å². The first kappa shape index (κ1) is 30.5. The lowest BCUT2D eigenvalue weighted by molar-refractivity contribution is -0.138. The van der Waals surface area contributed by atoms with Crippen molar-refractivity contribution in [1.82, 2.24) is 0 Å². The number of fused-ring (bicyclic) bond motifs is 2. The van der Waals surface area contributed by atoms with Crippen LogP contribution in [0.2, 0.25) is 0 Å². The first-order valence-electron chi connectivity index (χ1n) is 12.5. The standard InChI is InChI=1S/C32H8F6N8/c33-31(34,35)17-5-1-15(2-6-17)23-19(9-39)25-21(11-41)28-26(22(12-42)27(25)29(23)45-13-43)20(10-40)24(30(28)46-14-44)16-3-7-18(8-4-16)32(36,37)38/h1-8H/b45-29-,46-30-. The first-order valence-corrected chi connectivity index (χ1v) is 12.5. The summed E-state index contributed by atoms with van der Waals surface area (Å²) < 4.78 is 79.6. The molecule has 0 bridgehead atoms. The molecule has 5 rings (SSSR count). The third kappa shape index (κ3) is 4.52. The molecular weight excluding hydrogens is 610 g/mol. The van der Waals surface area contributed by atoms with E-state index >= 15 is 0 Å². The van der Waals surface area contributed by atoms with Crippen LogP contribution >= 0.6 is 0 Å². The van der Waals surface area contributed by atoms with Crippen LogP contribution in [0.4, 0.5) is 26.3 Å². The molecule has 0 aliphatic carbocycles. The lowest BCUT2D eigenvalue weighted by Gasteiger charge is -2.07. The monoisotopic (exact) mass is 618 g/mol. The average Bonchev–Trinajstić information content (AvgIpc) is 3.52. The van der Waals surface area contributed by atoms with E-state index in [1.165, 1.54) is 12.4 Å². The van der Waals surface area contributed by atoms with Crippen LogP contribution in [0.3, 0.4) is 0 Å². The molecule has 0 fully saturated rings. The molecule has 5 aromatic rings. The van der Waals surface area contributed by atoms with Gasteiger partial charge in [-0.2, -0.15) is 67.9 Å². The molecule has 0 saturated carbocycles. The normalized spacial score (nSPS) is 12.3. The van der Waals surface area contributed by atoms with Crippen LogP contribution in [-0.4, -0.2) is 0 Å². The summed E-state index contributed by atoms with van der Waals surface area (Å²) in [7, 11) is 0. The fourth-order valence-electron chi connectivity index (χ4n) is 5.45. The highest BCUT2D eigenvalue weighted by Gasteiger charge is 2.33. The van der Waals surface area contributed by atoms with E-state index in [0.717, 1.165) is 48.5 Å². The summed E-state index contributed by atoms with van der Waals surface area (Å²) in [4.78, 5) is 7.52. The van der Waals surface area contributed by atoms with E-state index in [4.69, 9.17) is 0 Å². The van der Waals surface area contributed by atoms with Crippen molar-refractivity contribution in [3.63, 3.8) is 0 Å². The van der Waals surface area contributed by atoms with Crippen molar-refractivity contribution in [3.8, 4) is 58.9 Å². The van der Waals surface area contributed by atoms with E-state index in [2.05, 4.69) is 9.98 Å². The van der Waals surface area contributed by atoms with Crippen molar-refractivity contribution >= 4 is 21.5 Å². The Labute approximate surface area is 253 Å². The van der Waals surface area contributed by atoms with Crippen molar-refractivity contribution in [1.29, 1.82) is 31.6 Å². The second kappa shape index (κ2) is 10.9. The topological polar surface area (TPSA) is 167 Å². The Balaban J connectivity index is 2.06. The van der Waals surface area contributed by atoms with E-state index < -0.39 is 34.6 Å². The molecule has 0 aromatic heterocycles. The molecule has 0 N–H and O–H groups in total. The first-order chi connectivity index (χ1) is 21.9. The zero-order valence-electron chi connectivity index (χ0n) is 22.5. The fourth-order valence-corrected chi connectivity index (χ4v) is 5.45. The van der Waals surface area contributed by atoms with Crippen molar-refractivity contribution in [2.24, 2.45) is 9.98 Å². The second-order valence-corrected chi connectivity index (χ2v) is 9.47. The van der Waals surface area contributed by atoms with E-state index in [1.807, 2.05) is 24.3 Å². The Morgan fingerprint density at radius 2 is 0.739 bits per heavy atom. The highest BCUT2D eigenvalue weighted by molar-refractivity contribution is 6.18. The Hall–Kier alpha value is -7.00. The zero-order chi connectivity index (χ0) is 33.6. The maximum atomic E-state index is 13.3. The molecule has 0 heterocycles. The minimum atomic E-state index is -4.70. The number of alkyl halides is 6. The number of rotatable bonds is 2. The van der Waals surface area contributed by atoms with Crippen LogP contribution in [0, 0.1) is 68.2 Å². The molecule has 46 heavy (non-hydrogen) atoms. The Kier molecular flexibility index (Phi) is 7.23. The van der Waals surface area contributed by atoms with E-state index in [1.54, 1.807) is 0 Å². The van der Waals surface area contributed by atoms with Crippen LogP contribution in [0.25, 0.3) is 43.8 Å². The van der Waals surface area contributed by atoms with E-state index in [-0.39, 0.29) is 65.6 Å². The van der Waals surface area contributed by atoms with Gasteiger partial charge in [0.1, 0.15) is 24.3 Å². The minimum Gasteiger partial charge on any atom is -0.192 e. The molecule has 8 nitrogen and oxygen atoms in total. The maximum Gasteiger partial charge on any atom is 0.416 e. The van der Waals surface area contributed by atoms with Gasteiger partial charge in [0.15, 0.2) is 0 Å². The van der Waals surface area contributed by atoms with Gasteiger partial charge in [-0.3, -0.25) is 0 Å². The zero-order valence-corrected chi connectivity index (χ0v) is 22.5. The average molecular weight is 618 g/mol. The van der Waals surface area contributed by atoms with Crippen molar-refractivity contribution in [2.45, 2.75) is 12.4 Å². The number of nitriles is 6. The fraction of sp³-hybridized carbons (Fsp3) is 0.0625. The predicted molar refractivity (Wildman–Crippen MR) is 146 cm³/mol. The molecule has 0 amide bonds. The molecule has 0 aliphatic rings. The van der Waals surface area contributed by atoms with Gasteiger partial charge in [0.2, 0.25) is 12.4 Å². The number of hydrogen-bond acceptors (Lipinski definition) is 8. The van der Waals surface area contributed by atoms with Gasteiger partial charge < -0.3 is 0 Å². The van der Waals surface area contributed by atoms with Gasteiger partial charge in [-0.15, -0.1) is 0 Å². The summed E-state index contributed by atoms with van der Waals surface area (Å²) >= 11 is 0. The molecule has 218 valence electrons. The number of hydrogen-bond donors (Lipinski definition) is 0. The number of halogens is 6. The summed E-state index contributed by atoms with van der Waals surface area (Å²) in [5.41, 5.74) is -3.90. The molecule has 0 spiro atoms. The molecule has 0 saturated heterocycles. The molecule has 0 atom stereocenters. The summed E-state index contributed by atoms with van der Waals surface area (Å²) in [5.74, 6) is 0. The van der Waals surface area contributed by atoms with Crippen LogP contribution < -0.4 is 10.7 Å². The number of benzene rings is 3. The minimum absolute atomic E-state index is 0.0184. The van der Waals surface area contributed by atoms with Crippen LogP contribution in [0.5, 0.6) is 0 Å². The molecule has 0 radical (unpaired) electrons. The van der Waals surface area contributed by atoms with Gasteiger partial charge in [-0.05, 0) is 35.4 Å². The predicted octanol–water partition coefficient (Wildman–Crippen LogP) is 6.49. The van der Waals surface area contributed by atoms with Crippen molar-refractivity contribution in [3.05, 3.63) is 92.6 Å². The smallest absolute Gasteiger partial charge is 0.192 e. The molecule has 14 heteroatoms. The summed E-state index contributed by atoms with van der Waals surface area (Å²) in [5, 5.41) is 58.8. The summed E-state index contributed by atoms with van der Waals surface area (Å²) in [6, 6.07) is 14.5. The summed E-state index contributed by atoms with van der Waals surface area (Å²) in [6.45, 7) is 0. The third-order valence-electron chi connectivity index (χ3n) is 7.22. The van der Waals surface area contributed by atoms with E-state index in [9.17, 15) is 57.9 Å². The third-order valence-corrected chi connectivity index (χ3v) is 7.22. The Morgan fingerprint density at radius 3 is 0.978 bits per heavy atom. The van der Waals surface area contributed by atoms with Gasteiger partial charge >= 0.3 is 12.4 Å². The lowest BCUT2D eigenvalue weighted by Crippen LogP contribution is -2.07. The van der Waals surface area contributed by atoms with Crippen LogP contribution in [0.15, 0.2) is 58.5 Å². The molecular formula is C32H8F6N8. The van der Waals surface area contributed by atoms with Crippen molar-refractivity contribution < 1.29 is 26.3 Å². The van der Waals surface area contributed by atoms with Gasteiger partial charge in [0.25, 0.3) is 0 Å². The largest absolute Gasteiger partial charge is 0.416 e. The van der Waals surface area contributed by atoms with Crippen molar-refractivity contribution in [2.75, 3.05) is 0 Å². The molecule has 0 unspecified atom stereocenters. The quantitative estimate of drug-likeness (QED) is 0.162. The molecule has 5 aromatic carbocycles. The van der Waals surface area contributed by atoms with Crippen LogP contribution in [0.1, 0.15) is 33.4 Å². The van der Waals surface area contributed by atoms with Crippen LogP contribution in [-0.2, 0) is 12.4 Å². The van der Waals surface area contributed by atoms with Gasteiger partial charge in [0.05, 0.1) is 44.1 Å². The molecule has 0 aliphatic heterocycles. The van der Waals surface area contributed by atoms with Gasteiger partial charge in [-0.25, -0.2) is 0 Å². The second-order valence-electron chi connectivity index (χ2n) is 9.47.